The van der Waals surface area contributed by atoms with Crippen molar-refractivity contribution in [1.29, 1.82) is 0 Å². The molecule has 2 N–H and O–H groups in total. The highest BCUT2D eigenvalue weighted by Gasteiger charge is 2.11. The summed E-state index contributed by atoms with van der Waals surface area (Å²) in [6, 6.07) is 18.8. The zero-order valence-corrected chi connectivity index (χ0v) is 17.2. The van der Waals surface area contributed by atoms with Crippen LogP contribution >= 0.6 is 0 Å². The molecule has 0 bridgehead atoms. The van der Waals surface area contributed by atoms with Gasteiger partial charge in [0.15, 0.2) is 0 Å². The molecule has 0 atom stereocenters. The van der Waals surface area contributed by atoms with Gasteiger partial charge in [-0.05, 0) is 60.3 Å². The molecule has 5 aromatic rings. The number of nitrogens with one attached hydrogen (secondary N) is 2. The molecule has 0 radical (unpaired) electrons. The number of rotatable bonds is 5. The third-order valence-electron chi connectivity index (χ3n) is 5.06. The molecule has 0 aliphatic heterocycles. The number of aromatic nitrogens is 4. The van der Waals surface area contributed by atoms with E-state index in [2.05, 4.69) is 25.3 Å². The first-order valence-electron chi connectivity index (χ1n) is 10.1. The van der Waals surface area contributed by atoms with Crippen LogP contribution in [0.15, 0.2) is 85.5 Å². The zero-order valence-electron chi connectivity index (χ0n) is 17.2. The summed E-state index contributed by atoms with van der Waals surface area (Å²) < 4.78 is 5.95. The topological polar surface area (TPSA) is 92.8 Å². The Morgan fingerprint density at radius 2 is 1.97 bits per heavy atom. The number of nitrogens with zero attached hydrogens (tertiary/aromatic N) is 3. The number of hydrogen-bond acceptors (Lipinski definition) is 5. The van der Waals surface area contributed by atoms with Crippen LogP contribution in [0.2, 0.25) is 0 Å². The largest absolute Gasteiger partial charge is 0.424 e. The molecule has 7 heteroatoms. The van der Waals surface area contributed by atoms with Crippen LogP contribution in [0.4, 0.5) is 5.69 Å². The minimum Gasteiger partial charge on any atom is -0.424 e. The van der Waals surface area contributed by atoms with Crippen LogP contribution in [0.5, 0.6) is 11.8 Å². The highest BCUT2D eigenvalue weighted by atomic mass is 16.5. The first kappa shape index (κ1) is 19.4. The number of benzene rings is 2. The molecule has 0 saturated carbocycles. The van der Waals surface area contributed by atoms with Gasteiger partial charge in [-0.15, -0.1) is 0 Å². The number of hydrogen-bond donors (Lipinski definition) is 2. The average molecular weight is 421 g/mol. The molecule has 0 fully saturated rings. The highest BCUT2D eigenvalue weighted by molar-refractivity contribution is 6.06. The minimum absolute atomic E-state index is 0.203. The van der Waals surface area contributed by atoms with Crippen LogP contribution in [0.25, 0.3) is 22.2 Å². The van der Waals surface area contributed by atoms with Crippen molar-refractivity contribution in [2.24, 2.45) is 0 Å². The lowest BCUT2D eigenvalue weighted by Crippen LogP contribution is -2.11. The fourth-order valence-corrected chi connectivity index (χ4v) is 3.34. The Morgan fingerprint density at radius 3 is 2.84 bits per heavy atom. The Kier molecular flexibility index (Phi) is 5.05. The van der Waals surface area contributed by atoms with Gasteiger partial charge in [-0.3, -0.25) is 9.78 Å². The molecular weight excluding hydrogens is 402 g/mol. The number of ether oxygens (including phenoxy) is 1. The van der Waals surface area contributed by atoms with E-state index in [9.17, 15) is 4.79 Å². The zero-order chi connectivity index (χ0) is 21.9. The smallest absolute Gasteiger partial charge is 0.322 e. The molecule has 5 rings (SSSR count). The fraction of sp³-hybridized carbons (Fsp3) is 0.0400. The number of carbonyl (C=O) groups is 1. The number of carbonyl (C=O) groups excluding carboxylic acids is 1. The number of fused-ring (bicyclic) bond motifs is 1. The second-order valence-corrected chi connectivity index (χ2v) is 7.28. The van der Waals surface area contributed by atoms with Gasteiger partial charge in [0.1, 0.15) is 5.75 Å². The summed E-state index contributed by atoms with van der Waals surface area (Å²) in [5, 5.41) is 3.98. The van der Waals surface area contributed by atoms with Crippen LogP contribution in [0.3, 0.4) is 0 Å². The molecule has 0 spiro atoms. The first-order valence-corrected chi connectivity index (χ1v) is 10.1. The van der Waals surface area contributed by atoms with E-state index >= 15 is 0 Å². The molecule has 0 unspecified atom stereocenters. The monoisotopic (exact) mass is 421 g/mol. The Bertz CT molecular complexity index is 1410. The molecule has 1 amide bonds. The van der Waals surface area contributed by atoms with E-state index in [4.69, 9.17) is 4.74 Å². The highest BCUT2D eigenvalue weighted by Crippen LogP contribution is 2.28. The number of H-pyrrole nitrogens is 1. The number of anilines is 1. The van der Waals surface area contributed by atoms with Gasteiger partial charge in [-0.25, -0.2) is 4.98 Å². The van der Waals surface area contributed by atoms with Crippen LogP contribution < -0.4 is 10.1 Å². The third-order valence-corrected chi connectivity index (χ3v) is 5.06. The van der Waals surface area contributed by atoms with Crippen molar-refractivity contribution in [3.8, 4) is 23.0 Å². The number of amides is 1. The molecule has 7 nitrogen and oxygen atoms in total. The van der Waals surface area contributed by atoms with Gasteiger partial charge in [0.2, 0.25) is 0 Å². The van der Waals surface area contributed by atoms with Crippen molar-refractivity contribution in [2.75, 3.05) is 5.32 Å². The van der Waals surface area contributed by atoms with Crippen molar-refractivity contribution < 1.29 is 9.53 Å². The molecule has 3 aromatic heterocycles. The van der Waals surface area contributed by atoms with Crippen molar-refractivity contribution in [2.45, 2.75) is 6.92 Å². The van der Waals surface area contributed by atoms with Crippen LogP contribution in [-0.4, -0.2) is 25.8 Å². The lowest BCUT2D eigenvalue weighted by Gasteiger charge is -2.11. The van der Waals surface area contributed by atoms with E-state index in [1.807, 2.05) is 55.6 Å². The van der Waals surface area contributed by atoms with Gasteiger partial charge in [0, 0.05) is 53.2 Å². The molecule has 2 aromatic carbocycles. The Balaban J connectivity index is 1.36. The second kappa shape index (κ2) is 8.31. The number of aromatic amines is 1. The van der Waals surface area contributed by atoms with E-state index in [0.717, 1.165) is 22.0 Å². The molecule has 0 saturated heterocycles. The maximum Gasteiger partial charge on any atom is 0.322 e. The molecular formula is C25H19N5O2. The average Bonchev–Trinajstić information content (AvgIpc) is 3.30. The Hall–Kier alpha value is -4.52. The molecule has 156 valence electrons. The number of pyridine rings is 1. The van der Waals surface area contributed by atoms with Gasteiger partial charge >= 0.3 is 6.01 Å². The maximum absolute atomic E-state index is 12.7. The third kappa shape index (κ3) is 4.04. The molecule has 0 aliphatic rings. The Labute approximate surface area is 184 Å². The predicted molar refractivity (Wildman–Crippen MR) is 123 cm³/mol. The quantitative estimate of drug-likeness (QED) is 0.398. The summed E-state index contributed by atoms with van der Waals surface area (Å²) >= 11 is 0. The van der Waals surface area contributed by atoms with Crippen LogP contribution in [0, 0.1) is 6.92 Å². The first-order chi connectivity index (χ1) is 15.7. The van der Waals surface area contributed by atoms with Crippen LogP contribution in [-0.2, 0) is 0 Å². The van der Waals surface area contributed by atoms with E-state index < -0.39 is 0 Å². The summed E-state index contributed by atoms with van der Waals surface area (Å²) in [6.07, 6.45) is 6.93. The van der Waals surface area contributed by atoms with Gasteiger partial charge in [0.25, 0.3) is 5.91 Å². The van der Waals surface area contributed by atoms with Crippen molar-refractivity contribution in [3.63, 3.8) is 0 Å². The van der Waals surface area contributed by atoms with E-state index in [1.54, 1.807) is 36.8 Å². The van der Waals surface area contributed by atoms with Crippen molar-refractivity contribution >= 4 is 22.5 Å². The maximum atomic E-state index is 12.7. The standard InChI is InChI=1S/C25H19N5O2/c1-16-4-7-20(29-24(31)18-6-5-17-8-11-27-22(17)13-18)14-23(16)32-25-28-12-9-21(30-25)19-3-2-10-26-15-19/h2-15,27H,1H3,(H,29,31). The predicted octanol–water partition coefficient (Wildman–Crippen LogP) is 5.37. The lowest BCUT2D eigenvalue weighted by atomic mass is 10.1. The van der Waals surface area contributed by atoms with Crippen LogP contribution in [0.1, 0.15) is 15.9 Å². The summed E-state index contributed by atoms with van der Waals surface area (Å²) in [4.78, 5) is 28.7. The van der Waals surface area contributed by atoms with Gasteiger partial charge < -0.3 is 15.0 Å². The summed E-state index contributed by atoms with van der Waals surface area (Å²) in [5.74, 6) is 0.358. The summed E-state index contributed by atoms with van der Waals surface area (Å²) in [7, 11) is 0. The van der Waals surface area contributed by atoms with Gasteiger partial charge in [0.05, 0.1) is 5.69 Å². The Morgan fingerprint density at radius 1 is 1.03 bits per heavy atom. The summed E-state index contributed by atoms with van der Waals surface area (Å²) in [6.45, 7) is 1.92. The second-order valence-electron chi connectivity index (χ2n) is 7.28. The molecule has 0 aliphatic carbocycles. The molecule has 3 heterocycles. The fourth-order valence-electron chi connectivity index (χ4n) is 3.34. The normalized spacial score (nSPS) is 10.8. The van der Waals surface area contributed by atoms with Crippen molar-refractivity contribution in [1.82, 2.24) is 19.9 Å². The van der Waals surface area contributed by atoms with E-state index in [0.29, 0.717) is 22.7 Å². The van der Waals surface area contributed by atoms with Gasteiger partial charge in [-0.1, -0.05) is 12.1 Å². The van der Waals surface area contributed by atoms with Gasteiger partial charge in [-0.2, -0.15) is 4.98 Å². The SMILES string of the molecule is Cc1ccc(NC(=O)c2ccc3cc[nH]c3c2)cc1Oc1nccc(-c2cccnc2)n1. The summed E-state index contributed by atoms with van der Waals surface area (Å²) in [5.41, 5.74) is 4.57. The minimum atomic E-state index is -0.203. The van der Waals surface area contributed by atoms with E-state index in [-0.39, 0.29) is 11.9 Å². The van der Waals surface area contributed by atoms with E-state index in [1.165, 1.54) is 0 Å². The number of aryl methyl sites for hydroxylation is 1. The lowest BCUT2D eigenvalue weighted by molar-refractivity contribution is 0.102. The molecule has 32 heavy (non-hydrogen) atoms. The van der Waals surface area contributed by atoms with Crippen molar-refractivity contribution in [3.05, 3.63) is 96.6 Å².